The molecule has 0 saturated carbocycles. The maximum atomic E-state index is 5.45. The molecule has 5 heteroatoms. The van der Waals surface area contributed by atoms with Crippen molar-refractivity contribution in [2.75, 3.05) is 26.3 Å². The van der Waals surface area contributed by atoms with Crippen molar-refractivity contribution in [1.82, 2.24) is 15.5 Å². The Morgan fingerprint density at radius 3 is 2.90 bits per heavy atom. The van der Waals surface area contributed by atoms with E-state index in [1.165, 1.54) is 11.1 Å². The SMILES string of the molecule is c1cc2c(cc1-c1nc(C3CCOC3)no1)CCNCC2. The van der Waals surface area contributed by atoms with Crippen molar-refractivity contribution in [2.45, 2.75) is 25.2 Å². The number of aromatic nitrogens is 2. The van der Waals surface area contributed by atoms with Gasteiger partial charge < -0.3 is 14.6 Å². The quantitative estimate of drug-likeness (QED) is 0.913. The first-order valence-corrected chi connectivity index (χ1v) is 7.64. The number of ether oxygens (including phenoxy) is 1. The highest BCUT2D eigenvalue weighted by molar-refractivity contribution is 5.56. The molecule has 1 atom stereocenters. The Hall–Kier alpha value is -1.72. The summed E-state index contributed by atoms with van der Waals surface area (Å²) in [6, 6.07) is 6.48. The first-order chi connectivity index (χ1) is 10.4. The third-order valence-electron chi connectivity index (χ3n) is 4.33. The van der Waals surface area contributed by atoms with E-state index in [1.54, 1.807) is 0 Å². The van der Waals surface area contributed by atoms with E-state index in [-0.39, 0.29) is 5.92 Å². The molecule has 1 unspecified atom stereocenters. The monoisotopic (exact) mass is 285 g/mol. The van der Waals surface area contributed by atoms with E-state index < -0.39 is 0 Å². The summed E-state index contributed by atoms with van der Waals surface area (Å²) >= 11 is 0. The van der Waals surface area contributed by atoms with Crippen LogP contribution in [0.15, 0.2) is 22.7 Å². The maximum absolute atomic E-state index is 5.45. The van der Waals surface area contributed by atoms with Gasteiger partial charge in [0.25, 0.3) is 5.89 Å². The van der Waals surface area contributed by atoms with Crippen molar-refractivity contribution in [1.29, 1.82) is 0 Å². The Bertz CT molecular complexity index is 632. The van der Waals surface area contributed by atoms with Crippen LogP contribution in [-0.2, 0) is 17.6 Å². The van der Waals surface area contributed by atoms with E-state index in [0.717, 1.165) is 50.3 Å². The molecule has 110 valence electrons. The van der Waals surface area contributed by atoms with Gasteiger partial charge in [0.05, 0.1) is 6.61 Å². The molecule has 1 saturated heterocycles. The molecular formula is C16H19N3O2. The fourth-order valence-corrected chi connectivity index (χ4v) is 3.06. The third kappa shape index (κ3) is 2.59. The Balaban J connectivity index is 1.62. The predicted molar refractivity (Wildman–Crippen MR) is 78.2 cm³/mol. The molecule has 2 aliphatic rings. The van der Waals surface area contributed by atoms with Crippen molar-refractivity contribution < 1.29 is 9.26 Å². The highest BCUT2D eigenvalue weighted by Gasteiger charge is 2.23. The molecule has 2 aromatic rings. The number of nitrogens with zero attached hydrogens (tertiary/aromatic N) is 2. The summed E-state index contributed by atoms with van der Waals surface area (Å²) in [7, 11) is 0. The predicted octanol–water partition coefficient (Wildman–Crippen LogP) is 1.93. The van der Waals surface area contributed by atoms with Crippen LogP contribution in [0.2, 0.25) is 0 Å². The summed E-state index contributed by atoms with van der Waals surface area (Å²) in [5.74, 6) is 1.68. The van der Waals surface area contributed by atoms with Crippen LogP contribution in [0.4, 0.5) is 0 Å². The number of benzene rings is 1. The lowest BCUT2D eigenvalue weighted by molar-refractivity contribution is 0.192. The van der Waals surface area contributed by atoms with Crippen LogP contribution in [0.25, 0.3) is 11.5 Å². The van der Waals surface area contributed by atoms with E-state index in [2.05, 4.69) is 33.7 Å². The minimum Gasteiger partial charge on any atom is -0.381 e. The molecule has 0 spiro atoms. The molecule has 1 aromatic heterocycles. The Kier molecular flexibility index (Phi) is 3.45. The van der Waals surface area contributed by atoms with Crippen molar-refractivity contribution in [3.8, 4) is 11.5 Å². The van der Waals surface area contributed by atoms with Crippen LogP contribution in [0.3, 0.4) is 0 Å². The highest BCUT2D eigenvalue weighted by atomic mass is 16.5. The fraction of sp³-hybridized carbons (Fsp3) is 0.500. The van der Waals surface area contributed by atoms with E-state index in [1.807, 2.05) is 0 Å². The zero-order valence-corrected chi connectivity index (χ0v) is 12.0. The molecule has 2 aliphatic heterocycles. The minimum atomic E-state index is 0.285. The second kappa shape index (κ2) is 5.58. The molecule has 0 radical (unpaired) electrons. The minimum absolute atomic E-state index is 0.285. The van der Waals surface area contributed by atoms with Gasteiger partial charge >= 0.3 is 0 Å². The van der Waals surface area contributed by atoms with Gasteiger partial charge in [0.2, 0.25) is 0 Å². The van der Waals surface area contributed by atoms with E-state index in [4.69, 9.17) is 9.26 Å². The number of nitrogens with one attached hydrogen (secondary N) is 1. The normalized spacial score (nSPS) is 22.0. The molecule has 0 aliphatic carbocycles. The third-order valence-corrected chi connectivity index (χ3v) is 4.33. The van der Waals surface area contributed by atoms with Gasteiger partial charge in [-0.1, -0.05) is 11.2 Å². The van der Waals surface area contributed by atoms with Crippen LogP contribution in [0.1, 0.15) is 29.3 Å². The molecule has 3 heterocycles. The fourth-order valence-electron chi connectivity index (χ4n) is 3.06. The smallest absolute Gasteiger partial charge is 0.257 e. The van der Waals surface area contributed by atoms with Crippen LogP contribution >= 0.6 is 0 Å². The van der Waals surface area contributed by atoms with Gasteiger partial charge in [0, 0.05) is 18.1 Å². The summed E-state index contributed by atoms with van der Waals surface area (Å²) < 4.78 is 10.8. The van der Waals surface area contributed by atoms with Gasteiger partial charge in [-0.05, 0) is 55.6 Å². The van der Waals surface area contributed by atoms with Gasteiger partial charge in [0.15, 0.2) is 5.82 Å². The van der Waals surface area contributed by atoms with Gasteiger partial charge in [-0.2, -0.15) is 4.98 Å². The molecule has 21 heavy (non-hydrogen) atoms. The van der Waals surface area contributed by atoms with Crippen molar-refractivity contribution in [3.63, 3.8) is 0 Å². The second-order valence-electron chi connectivity index (χ2n) is 5.75. The van der Waals surface area contributed by atoms with E-state index >= 15 is 0 Å². The molecule has 1 aromatic carbocycles. The van der Waals surface area contributed by atoms with Gasteiger partial charge in [-0.15, -0.1) is 0 Å². The Morgan fingerprint density at radius 2 is 2.05 bits per heavy atom. The van der Waals surface area contributed by atoms with Gasteiger partial charge in [-0.3, -0.25) is 0 Å². The molecule has 0 amide bonds. The van der Waals surface area contributed by atoms with Crippen LogP contribution in [0.5, 0.6) is 0 Å². The second-order valence-corrected chi connectivity index (χ2v) is 5.75. The lowest BCUT2D eigenvalue weighted by Crippen LogP contribution is -2.16. The Morgan fingerprint density at radius 1 is 1.14 bits per heavy atom. The van der Waals surface area contributed by atoms with E-state index in [0.29, 0.717) is 12.5 Å². The topological polar surface area (TPSA) is 60.2 Å². The molecule has 1 fully saturated rings. The van der Waals surface area contributed by atoms with Crippen LogP contribution in [0, 0.1) is 0 Å². The van der Waals surface area contributed by atoms with Crippen molar-refractivity contribution in [2.24, 2.45) is 0 Å². The molecular weight excluding hydrogens is 266 g/mol. The summed E-state index contributed by atoms with van der Waals surface area (Å²) in [6.45, 7) is 3.58. The zero-order chi connectivity index (χ0) is 14.1. The Labute approximate surface area is 123 Å². The van der Waals surface area contributed by atoms with Gasteiger partial charge in [0.1, 0.15) is 0 Å². The van der Waals surface area contributed by atoms with Gasteiger partial charge in [-0.25, -0.2) is 0 Å². The van der Waals surface area contributed by atoms with Crippen molar-refractivity contribution >= 4 is 0 Å². The number of hydrogen-bond donors (Lipinski definition) is 1. The van der Waals surface area contributed by atoms with Crippen LogP contribution in [-0.4, -0.2) is 36.4 Å². The lowest BCUT2D eigenvalue weighted by Gasteiger charge is -2.05. The molecule has 5 nitrogen and oxygen atoms in total. The summed E-state index contributed by atoms with van der Waals surface area (Å²) in [5.41, 5.74) is 3.84. The maximum Gasteiger partial charge on any atom is 0.257 e. The molecule has 4 rings (SSSR count). The number of rotatable bonds is 2. The molecule has 0 bridgehead atoms. The summed E-state index contributed by atoms with van der Waals surface area (Å²) in [4.78, 5) is 4.56. The van der Waals surface area contributed by atoms with Crippen molar-refractivity contribution in [3.05, 3.63) is 35.2 Å². The average molecular weight is 285 g/mol. The van der Waals surface area contributed by atoms with Crippen LogP contribution < -0.4 is 5.32 Å². The largest absolute Gasteiger partial charge is 0.381 e. The number of hydrogen-bond acceptors (Lipinski definition) is 5. The van der Waals surface area contributed by atoms with E-state index in [9.17, 15) is 0 Å². The first-order valence-electron chi connectivity index (χ1n) is 7.64. The first kappa shape index (κ1) is 13.0. The average Bonchev–Trinajstić information content (AvgIpc) is 3.14. The zero-order valence-electron chi connectivity index (χ0n) is 12.0. The number of fused-ring (bicyclic) bond motifs is 1. The lowest BCUT2D eigenvalue weighted by atomic mass is 10.00. The highest BCUT2D eigenvalue weighted by Crippen LogP contribution is 2.27. The summed E-state index contributed by atoms with van der Waals surface area (Å²) in [6.07, 6.45) is 3.12. The standard InChI is InChI=1S/C16H19N3O2/c1-2-13(9-12-4-7-17-6-3-11(1)12)16-18-15(19-21-16)14-5-8-20-10-14/h1-2,9,14,17H,3-8,10H2. The summed E-state index contributed by atoms with van der Waals surface area (Å²) in [5, 5.41) is 7.56. The molecule has 1 N–H and O–H groups in total.